The maximum atomic E-state index is 13.1. The number of piperidine rings is 3. The first kappa shape index (κ1) is 15.6. The first-order valence-electron chi connectivity index (χ1n) is 8.97. The fourth-order valence-electron chi connectivity index (χ4n) is 4.74. The van der Waals surface area contributed by atoms with Crippen LogP contribution in [-0.2, 0) is 10.4 Å². The molecule has 4 fully saturated rings. The molecule has 5 rings (SSSR count). The van der Waals surface area contributed by atoms with Crippen molar-refractivity contribution >= 4 is 17.2 Å². The number of thiophene rings is 1. The zero-order valence-electron chi connectivity index (χ0n) is 13.5. The van der Waals surface area contributed by atoms with E-state index in [9.17, 15) is 9.90 Å². The topological polar surface area (TPSA) is 52.6 Å². The standard InChI is InChI=1S/C18H26N2O2S/c21-17(19-15-12-20-9-7-13(15)8-10-20)18(22,14-4-1-2-5-14)16-6-3-11-23-16/h3,6,11,13-15,22H,1-2,4-5,7-10,12H2,(H,19,21). The van der Waals surface area contributed by atoms with Gasteiger partial charge in [-0.05, 0) is 56.1 Å². The highest BCUT2D eigenvalue weighted by molar-refractivity contribution is 7.10. The van der Waals surface area contributed by atoms with Crippen molar-refractivity contribution < 1.29 is 9.90 Å². The van der Waals surface area contributed by atoms with E-state index < -0.39 is 5.60 Å². The zero-order valence-corrected chi connectivity index (χ0v) is 14.4. The van der Waals surface area contributed by atoms with E-state index in [-0.39, 0.29) is 17.9 Å². The maximum Gasteiger partial charge on any atom is 0.258 e. The van der Waals surface area contributed by atoms with Crippen LogP contribution >= 0.6 is 11.3 Å². The van der Waals surface area contributed by atoms with E-state index >= 15 is 0 Å². The molecule has 2 atom stereocenters. The largest absolute Gasteiger partial charge is 0.374 e. The molecule has 1 aromatic rings. The quantitative estimate of drug-likeness (QED) is 0.889. The van der Waals surface area contributed by atoms with Crippen LogP contribution in [0.1, 0.15) is 43.4 Å². The summed E-state index contributed by atoms with van der Waals surface area (Å²) in [5.41, 5.74) is -1.34. The summed E-state index contributed by atoms with van der Waals surface area (Å²) >= 11 is 1.50. The van der Waals surface area contributed by atoms with Gasteiger partial charge in [0.1, 0.15) is 0 Å². The van der Waals surface area contributed by atoms with Gasteiger partial charge < -0.3 is 15.3 Å². The highest BCUT2D eigenvalue weighted by Gasteiger charge is 2.48. The molecule has 3 saturated heterocycles. The number of nitrogens with zero attached hydrogens (tertiary/aromatic N) is 1. The Hall–Kier alpha value is -0.910. The Bertz CT molecular complexity index is 547. The number of carbonyl (C=O) groups excluding carboxylic acids is 1. The van der Waals surface area contributed by atoms with Gasteiger partial charge in [-0.15, -0.1) is 11.3 Å². The second-order valence-electron chi connectivity index (χ2n) is 7.44. The molecule has 5 heteroatoms. The van der Waals surface area contributed by atoms with E-state index in [4.69, 9.17) is 0 Å². The monoisotopic (exact) mass is 334 g/mol. The Labute approximate surface area is 141 Å². The van der Waals surface area contributed by atoms with E-state index in [0.29, 0.717) is 5.92 Å². The average molecular weight is 334 g/mol. The molecule has 0 radical (unpaired) electrons. The Morgan fingerprint density at radius 2 is 2.00 bits per heavy atom. The maximum absolute atomic E-state index is 13.1. The van der Waals surface area contributed by atoms with Gasteiger partial charge in [0, 0.05) is 23.4 Å². The number of amides is 1. The summed E-state index contributed by atoms with van der Waals surface area (Å²) in [6, 6.07) is 4.05. The van der Waals surface area contributed by atoms with Crippen molar-refractivity contribution in [2.24, 2.45) is 11.8 Å². The van der Waals surface area contributed by atoms with E-state index in [1.807, 2.05) is 17.5 Å². The fraction of sp³-hybridized carbons (Fsp3) is 0.722. The van der Waals surface area contributed by atoms with Crippen LogP contribution in [0.15, 0.2) is 17.5 Å². The highest BCUT2D eigenvalue weighted by atomic mass is 32.1. The summed E-state index contributed by atoms with van der Waals surface area (Å²) in [5, 5.41) is 16.6. The second kappa shape index (κ2) is 6.19. The summed E-state index contributed by atoms with van der Waals surface area (Å²) in [6.07, 6.45) is 6.47. The van der Waals surface area contributed by atoms with Crippen LogP contribution in [0.4, 0.5) is 0 Å². The lowest BCUT2D eigenvalue weighted by molar-refractivity contribution is -0.149. The van der Waals surface area contributed by atoms with Gasteiger partial charge in [-0.1, -0.05) is 18.9 Å². The lowest BCUT2D eigenvalue weighted by Crippen LogP contribution is -2.60. The molecule has 3 aliphatic heterocycles. The van der Waals surface area contributed by atoms with Gasteiger partial charge in [-0.3, -0.25) is 4.79 Å². The van der Waals surface area contributed by atoms with Crippen molar-refractivity contribution in [3.8, 4) is 0 Å². The summed E-state index contributed by atoms with van der Waals surface area (Å²) in [5.74, 6) is 0.480. The minimum atomic E-state index is -1.34. The second-order valence-corrected chi connectivity index (χ2v) is 8.39. The van der Waals surface area contributed by atoms with Crippen LogP contribution in [0, 0.1) is 11.8 Å². The van der Waals surface area contributed by atoms with Gasteiger partial charge in [-0.2, -0.15) is 0 Å². The molecule has 2 bridgehead atoms. The molecule has 2 N–H and O–H groups in total. The van der Waals surface area contributed by atoms with Gasteiger partial charge in [0.25, 0.3) is 5.91 Å². The molecule has 4 nitrogen and oxygen atoms in total. The van der Waals surface area contributed by atoms with Crippen molar-refractivity contribution in [2.75, 3.05) is 19.6 Å². The highest BCUT2D eigenvalue weighted by Crippen LogP contribution is 2.42. The van der Waals surface area contributed by atoms with Gasteiger partial charge in [0.05, 0.1) is 0 Å². The molecule has 1 aliphatic carbocycles. The van der Waals surface area contributed by atoms with Gasteiger partial charge >= 0.3 is 0 Å². The van der Waals surface area contributed by atoms with Crippen LogP contribution in [0.3, 0.4) is 0 Å². The van der Waals surface area contributed by atoms with Crippen molar-refractivity contribution in [2.45, 2.75) is 50.2 Å². The number of nitrogens with one attached hydrogen (secondary N) is 1. The first-order valence-corrected chi connectivity index (χ1v) is 9.85. The summed E-state index contributed by atoms with van der Waals surface area (Å²) in [6.45, 7) is 3.27. The minimum absolute atomic E-state index is 0.0576. The summed E-state index contributed by atoms with van der Waals surface area (Å²) < 4.78 is 0. The number of fused-ring (bicyclic) bond motifs is 3. The van der Waals surface area contributed by atoms with E-state index in [2.05, 4.69) is 10.2 Å². The number of hydrogen-bond donors (Lipinski definition) is 2. The van der Waals surface area contributed by atoms with Gasteiger partial charge in [0.15, 0.2) is 5.60 Å². The number of rotatable bonds is 4. The molecular weight excluding hydrogens is 308 g/mol. The molecule has 1 saturated carbocycles. The normalized spacial score (nSPS) is 33.5. The minimum Gasteiger partial charge on any atom is -0.374 e. The smallest absolute Gasteiger partial charge is 0.258 e. The van der Waals surface area contributed by atoms with Crippen molar-refractivity contribution in [1.29, 1.82) is 0 Å². The Morgan fingerprint density at radius 3 is 2.57 bits per heavy atom. The van der Waals surface area contributed by atoms with Crippen molar-refractivity contribution in [1.82, 2.24) is 10.2 Å². The fourth-order valence-corrected chi connectivity index (χ4v) is 5.64. The molecule has 2 unspecified atom stereocenters. The van der Waals surface area contributed by atoms with Crippen molar-refractivity contribution in [3.05, 3.63) is 22.4 Å². The predicted molar refractivity (Wildman–Crippen MR) is 91.3 cm³/mol. The number of carbonyl (C=O) groups is 1. The predicted octanol–water partition coefficient (Wildman–Crippen LogP) is 2.34. The molecule has 1 amide bonds. The van der Waals surface area contributed by atoms with Crippen LogP contribution in [0.2, 0.25) is 0 Å². The molecular formula is C18H26N2O2S. The lowest BCUT2D eigenvalue weighted by atomic mass is 9.81. The third kappa shape index (κ3) is 2.73. The Kier molecular flexibility index (Phi) is 4.20. The molecule has 4 aliphatic rings. The molecule has 0 aromatic carbocycles. The average Bonchev–Trinajstić information content (AvgIpc) is 3.29. The van der Waals surface area contributed by atoms with Crippen molar-refractivity contribution in [3.63, 3.8) is 0 Å². The third-order valence-electron chi connectivity index (χ3n) is 6.16. The number of aliphatic hydroxyl groups is 1. The summed E-state index contributed by atoms with van der Waals surface area (Å²) in [4.78, 5) is 16.4. The molecule has 0 spiro atoms. The van der Waals surface area contributed by atoms with Crippen LogP contribution in [0.5, 0.6) is 0 Å². The Balaban J connectivity index is 1.55. The van der Waals surface area contributed by atoms with Crippen LogP contribution in [0.25, 0.3) is 0 Å². The lowest BCUT2D eigenvalue weighted by Gasteiger charge is -2.46. The first-order chi connectivity index (χ1) is 11.2. The van der Waals surface area contributed by atoms with Gasteiger partial charge in [0.2, 0.25) is 0 Å². The third-order valence-corrected chi connectivity index (χ3v) is 7.16. The van der Waals surface area contributed by atoms with Crippen LogP contribution in [-0.4, -0.2) is 41.6 Å². The van der Waals surface area contributed by atoms with E-state index in [1.165, 1.54) is 24.2 Å². The molecule has 4 heterocycles. The zero-order chi connectivity index (χ0) is 15.9. The van der Waals surface area contributed by atoms with E-state index in [0.717, 1.165) is 50.2 Å². The molecule has 23 heavy (non-hydrogen) atoms. The number of hydrogen-bond acceptors (Lipinski definition) is 4. The van der Waals surface area contributed by atoms with E-state index in [1.54, 1.807) is 0 Å². The van der Waals surface area contributed by atoms with Gasteiger partial charge in [-0.25, -0.2) is 0 Å². The van der Waals surface area contributed by atoms with Crippen LogP contribution < -0.4 is 5.32 Å². The Morgan fingerprint density at radius 1 is 1.26 bits per heavy atom. The SMILES string of the molecule is O=C(NC1CN2CCC1CC2)C(O)(c1cccs1)C1CCCC1. The molecule has 126 valence electrons. The summed E-state index contributed by atoms with van der Waals surface area (Å²) in [7, 11) is 0. The molecule has 1 aromatic heterocycles.